The first kappa shape index (κ1) is 13.6. The predicted molar refractivity (Wildman–Crippen MR) is 65.7 cm³/mol. The van der Waals surface area contributed by atoms with Crippen molar-refractivity contribution in [2.24, 2.45) is 0 Å². The van der Waals surface area contributed by atoms with Crippen molar-refractivity contribution in [3.8, 4) is 0 Å². The Kier molecular flexibility index (Phi) is 4.60. The largest absolute Gasteiger partial charge is 0.480 e. The molecule has 0 aliphatic carbocycles. The monoisotopic (exact) mass is 276 g/mol. The van der Waals surface area contributed by atoms with E-state index in [0.29, 0.717) is 10.7 Å². The lowest BCUT2D eigenvalue weighted by atomic mass is 10.3. The molecule has 0 aliphatic rings. The van der Waals surface area contributed by atoms with Crippen molar-refractivity contribution < 1.29 is 14.7 Å². The number of carboxylic acids is 1. The Morgan fingerprint density at radius 1 is 1.41 bits per heavy atom. The zero-order chi connectivity index (χ0) is 13.0. The van der Waals surface area contributed by atoms with Crippen LogP contribution in [0.1, 0.15) is 0 Å². The van der Waals surface area contributed by atoms with Crippen molar-refractivity contribution in [1.29, 1.82) is 0 Å². The van der Waals surface area contributed by atoms with Crippen molar-refractivity contribution in [3.05, 3.63) is 28.2 Å². The summed E-state index contributed by atoms with van der Waals surface area (Å²) in [5.74, 6) is -1.09. The van der Waals surface area contributed by atoms with Crippen LogP contribution in [0.5, 0.6) is 0 Å². The molecule has 0 spiro atoms. The lowest BCUT2D eigenvalue weighted by Crippen LogP contribution is -2.35. The normalized spacial score (nSPS) is 9.82. The molecule has 7 heteroatoms. The number of anilines is 1. The number of halogens is 2. The van der Waals surface area contributed by atoms with Crippen LogP contribution in [0.4, 0.5) is 10.5 Å². The Morgan fingerprint density at radius 2 is 2.06 bits per heavy atom. The molecule has 0 heterocycles. The van der Waals surface area contributed by atoms with Gasteiger partial charge in [0.05, 0.1) is 10.7 Å². The molecule has 2 amide bonds. The molecule has 0 atom stereocenters. The van der Waals surface area contributed by atoms with Crippen LogP contribution in [0.15, 0.2) is 18.2 Å². The van der Waals surface area contributed by atoms with Gasteiger partial charge in [-0.1, -0.05) is 23.2 Å². The fourth-order valence-corrected chi connectivity index (χ4v) is 1.53. The Bertz CT molecular complexity index is 451. The molecule has 0 saturated heterocycles. The minimum absolute atomic E-state index is 0.287. The first-order chi connectivity index (χ1) is 7.90. The summed E-state index contributed by atoms with van der Waals surface area (Å²) in [4.78, 5) is 23.0. The highest BCUT2D eigenvalue weighted by molar-refractivity contribution is 6.36. The molecular weight excluding hydrogens is 267 g/mol. The fraction of sp³-hybridized carbons (Fsp3) is 0.200. The van der Waals surface area contributed by atoms with Gasteiger partial charge in [0, 0.05) is 12.1 Å². The molecule has 1 rings (SSSR count). The molecule has 1 aromatic carbocycles. The zero-order valence-electron chi connectivity index (χ0n) is 8.91. The van der Waals surface area contributed by atoms with Gasteiger partial charge in [-0.05, 0) is 18.2 Å². The average molecular weight is 277 g/mol. The number of nitrogens with zero attached hydrogens (tertiary/aromatic N) is 1. The Labute approximate surface area is 108 Å². The number of rotatable bonds is 3. The minimum Gasteiger partial charge on any atom is -0.480 e. The summed E-state index contributed by atoms with van der Waals surface area (Å²) in [6.45, 7) is -0.392. The quantitative estimate of drug-likeness (QED) is 0.891. The zero-order valence-corrected chi connectivity index (χ0v) is 10.4. The fourth-order valence-electron chi connectivity index (χ4n) is 1.08. The number of nitrogens with one attached hydrogen (secondary N) is 1. The molecule has 92 valence electrons. The second-order valence-electron chi connectivity index (χ2n) is 3.30. The van der Waals surface area contributed by atoms with E-state index in [9.17, 15) is 9.59 Å². The SMILES string of the molecule is CN(CC(=O)O)C(=O)Nc1ccc(Cl)cc1Cl. The highest BCUT2D eigenvalue weighted by atomic mass is 35.5. The van der Waals surface area contributed by atoms with E-state index in [2.05, 4.69) is 5.32 Å². The minimum atomic E-state index is -1.09. The van der Waals surface area contributed by atoms with Gasteiger partial charge >= 0.3 is 12.0 Å². The topological polar surface area (TPSA) is 69.6 Å². The summed E-state index contributed by atoms with van der Waals surface area (Å²) < 4.78 is 0. The highest BCUT2D eigenvalue weighted by Crippen LogP contribution is 2.25. The molecule has 0 radical (unpaired) electrons. The number of aliphatic carboxylic acids is 1. The smallest absolute Gasteiger partial charge is 0.323 e. The van der Waals surface area contributed by atoms with Gasteiger partial charge in [0.1, 0.15) is 6.54 Å². The van der Waals surface area contributed by atoms with Crippen LogP contribution in [-0.2, 0) is 4.79 Å². The maximum atomic E-state index is 11.5. The van der Waals surface area contributed by atoms with Gasteiger partial charge in [0.2, 0.25) is 0 Å². The number of benzene rings is 1. The van der Waals surface area contributed by atoms with Crippen molar-refractivity contribution in [2.45, 2.75) is 0 Å². The summed E-state index contributed by atoms with van der Waals surface area (Å²) in [5, 5.41) is 11.7. The number of carboxylic acid groups (broad SMARTS) is 1. The number of carbonyl (C=O) groups is 2. The van der Waals surface area contributed by atoms with Crippen LogP contribution in [0, 0.1) is 0 Å². The summed E-state index contributed by atoms with van der Waals surface area (Å²) >= 11 is 11.5. The maximum Gasteiger partial charge on any atom is 0.323 e. The standard InChI is InChI=1S/C10H10Cl2N2O3/c1-14(5-9(15)16)10(17)13-8-3-2-6(11)4-7(8)12/h2-4H,5H2,1H3,(H,13,17)(H,15,16). The molecule has 0 fully saturated rings. The number of hydrogen-bond acceptors (Lipinski definition) is 2. The summed E-state index contributed by atoms with van der Waals surface area (Å²) in [6.07, 6.45) is 0. The number of likely N-dealkylation sites (N-methyl/N-ethyl adjacent to an activating group) is 1. The van der Waals surface area contributed by atoms with Crippen molar-refractivity contribution in [1.82, 2.24) is 4.90 Å². The third-order valence-electron chi connectivity index (χ3n) is 1.89. The van der Waals surface area contributed by atoms with Crippen LogP contribution >= 0.6 is 23.2 Å². The second-order valence-corrected chi connectivity index (χ2v) is 4.15. The van der Waals surface area contributed by atoms with E-state index in [0.717, 1.165) is 4.90 Å². The third kappa shape index (κ3) is 4.13. The Hall–Kier alpha value is -1.46. The van der Waals surface area contributed by atoms with Gasteiger partial charge in [0.25, 0.3) is 0 Å². The van der Waals surface area contributed by atoms with Crippen LogP contribution in [-0.4, -0.2) is 35.6 Å². The van der Waals surface area contributed by atoms with E-state index in [1.807, 2.05) is 0 Å². The van der Waals surface area contributed by atoms with E-state index < -0.39 is 18.5 Å². The van der Waals surface area contributed by atoms with Gasteiger partial charge < -0.3 is 15.3 Å². The van der Waals surface area contributed by atoms with Crippen molar-refractivity contribution in [3.63, 3.8) is 0 Å². The van der Waals surface area contributed by atoms with Gasteiger partial charge in [-0.15, -0.1) is 0 Å². The number of carbonyl (C=O) groups excluding carboxylic acids is 1. The third-order valence-corrected chi connectivity index (χ3v) is 2.44. The molecule has 0 aliphatic heterocycles. The highest BCUT2D eigenvalue weighted by Gasteiger charge is 2.13. The first-order valence-electron chi connectivity index (χ1n) is 4.59. The first-order valence-corrected chi connectivity index (χ1v) is 5.34. The van der Waals surface area contributed by atoms with Crippen molar-refractivity contribution in [2.75, 3.05) is 18.9 Å². The lowest BCUT2D eigenvalue weighted by Gasteiger charge is -2.16. The Balaban J connectivity index is 2.71. The van der Waals surface area contributed by atoms with Gasteiger partial charge in [-0.3, -0.25) is 4.79 Å². The molecule has 1 aromatic rings. The molecule has 17 heavy (non-hydrogen) atoms. The summed E-state index contributed by atoms with van der Waals surface area (Å²) in [7, 11) is 1.37. The molecule has 5 nitrogen and oxygen atoms in total. The lowest BCUT2D eigenvalue weighted by molar-refractivity contribution is -0.137. The van der Waals surface area contributed by atoms with Crippen molar-refractivity contribution >= 4 is 40.9 Å². The van der Waals surface area contributed by atoms with E-state index in [-0.39, 0.29) is 5.02 Å². The van der Waals surface area contributed by atoms with Gasteiger partial charge in [-0.25, -0.2) is 4.79 Å². The van der Waals surface area contributed by atoms with Gasteiger partial charge in [-0.2, -0.15) is 0 Å². The van der Waals surface area contributed by atoms with Crippen LogP contribution in [0.3, 0.4) is 0 Å². The second kappa shape index (κ2) is 5.75. The van der Waals surface area contributed by atoms with E-state index in [1.165, 1.54) is 19.2 Å². The van der Waals surface area contributed by atoms with E-state index in [4.69, 9.17) is 28.3 Å². The molecular formula is C10H10Cl2N2O3. The average Bonchev–Trinajstić information content (AvgIpc) is 2.21. The van der Waals surface area contributed by atoms with E-state index in [1.54, 1.807) is 6.07 Å². The van der Waals surface area contributed by atoms with Crippen LogP contribution in [0.2, 0.25) is 10.0 Å². The molecule has 2 N–H and O–H groups in total. The number of urea groups is 1. The number of amides is 2. The number of hydrogen-bond donors (Lipinski definition) is 2. The molecule has 0 saturated carbocycles. The maximum absolute atomic E-state index is 11.5. The predicted octanol–water partition coefficient (Wildman–Crippen LogP) is 2.54. The summed E-state index contributed by atoms with van der Waals surface area (Å²) in [6, 6.07) is 4.03. The molecule has 0 bridgehead atoms. The van der Waals surface area contributed by atoms with Crippen LogP contribution < -0.4 is 5.32 Å². The van der Waals surface area contributed by atoms with E-state index >= 15 is 0 Å². The molecule has 0 aromatic heterocycles. The van der Waals surface area contributed by atoms with Gasteiger partial charge in [0.15, 0.2) is 0 Å². The molecule has 0 unspecified atom stereocenters. The summed E-state index contributed by atoms with van der Waals surface area (Å²) in [5.41, 5.74) is 0.373. The van der Waals surface area contributed by atoms with Crippen LogP contribution in [0.25, 0.3) is 0 Å². The Morgan fingerprint density at radius 3 is 2.59 bits per heavy atom.